The van der Waals surface area contributed by atoms with Crippen LogP contribution in [0.15, 0.2) is 49.1 Å². The molecule has 5 heteroatoms. The quantitative estimate of drug-likeness (QED) is 0.794. The van der Waals surface area contributed by atoms with Gasteiger partial charge in [0.25, 0.3) is 11.8 Å². The van der Waals surface area contributed by atoms with Crippen LogP contribution in [0.5, 0.6) is 0 Å². The average molecular weight is 265 g/mol. The highest BCUT2D eigenvalue weighted by Gasteiger charge is 2.33. The van der Waals surface area contributed by atoms with Crippen LogP contribution >= 0.6 is 0 Å². The van der Waals surface area contributed by atoms with E-state index in [1.165, 1.54) is 11.2 Å². The second-order valence-electron chi connectivity index (χ2n) is 4.34. The van der Waals surface area contributed by atoms with E-state index in [2.05, 4.69) is 9.97 Å². The molecule has 1 aliphatic rings. The van der Waals surface area contributed by atoms with Gasteiger partial charge in [-0.1, -0.05) is 24.3 Å². The van der Waals surface area contributed by atoms with Crippen LogP contribution in [0.25, 0.3) is 6.08 Å². The van der Waals surface area contributed by atoms with Gasteiger partial charge in [-0.25, -0.2) is 9.97 Å². The summed E-state index contributed by atoms with van der Waals surface area (Å²) in [6.07, 6.45) is 8.29. The molecule has 1 aliphatic heterocycles. The number of benzene rings is 1. The highest BCUT2D eigenvalue weighted by molar-refractivity contribution is 6.21. The fraction of sp³-hybridized carbons (Fsp3) is 0.0667. The van der Waals surface area contributed by atoms with Crippen molar-refractivity contribution in [2.45, 2.75) is 0 Å². The third-order valence-electron chi connectivity index (χ3n) is 3.06. The number of fused-ring (bicyclic) bond motifs is 1. The first-order valence-electron chi connectivity index (χ1n) is 6.14. The van der Waals surface area contributed by atoms with E-state index in [9.17, 15) is 9.59 Å². The molecule has 2 heterocycles. The zero-order valence-electron chi connectivity index (χ0n) is 10.6. The minimum atomic E-state index is -0.250. The van der Waals surface area contributed by atoms with Crippen LogP contribution < -0.4 is 0 Å². The predicted molar refractivity (Wildman–Crippen MR) is 72.9 cm³/mol. The van der Waals surface area contributed by atoms with E-state index in [0.29, 0.717) is 11.1 Å². The van der Waals surface area contributed by atoms with E-state index in [1.54, 1.807) is 48.8 Å². The van der Waals surface area contributed by atoms with Crippen LogP contribution in [0.4, 0.5) is 0 Å². The molecule has 0 spiro atoms. The lowest BCUT2D eigenvalue weighted by Gasteiger charge is -2.10. The van der Waals surface area contributed by atoms with Crippen LogP contribution in [0.2, 0.25) is 0 Å². The molecule has 0 bridgehead atoms. The van der Waals surface area contributed by atoms with Crippen LogP contribution in [-0.2, 0) is 0 Å². The summed E-state index contributed by atoms with van der Waals surface area (Å²) in [6, 6.07) is 6.85. The maximum atomic E-state index is 12.1. The van der Waals surface area contributed by atoms with Crippen molar-refractivity contribution in [2.75, 3.05) is 6.54 Å². The molecule has 98 valence electrons. The summed E-state index contributed by atoms with van der Waals surface area (Å²) >= 11 is 0. The average Bonchev–Trinajstić information content (AvgIpc) is 2.74. The van der Waals surface area contributed by atoms with Gasteiger partial charge in [0.05, 0.1) is 11.1 Å². The van der Waals surface area contributed by atoms with E-state index in [0.717, 1.165) is 5.56 Å². The molecule has 0 atom stereocenters. The van der Waals surface area contributed by atoms with Gasteiger partial charge in [-0.05, 0) is 12.1 Å². The molecule has 3 rings (SSSR count). The standard InChI is InChI=1S/C15H11N3O2/c19-14-12-5-1-2-6-13(12)15(20)18(14)7-3-4-11-8-16-10-17-9-11/h1-6,8-10H,7H2. The van der Waals surface area contributed by atoms with Gasteiger partial charge in [0.2, 0.25) is 0 Å². The van der Waals surface area contributed by atoms with E-state index in [1.807, 2.05) is 0 Å². The topological polar surface area (TPSA) is 63.2 Å². The minimum Gasteiger partial charge on any atom is -0.270 e. The molecule has 0 fully saturated rings. The number of carbonyl (C=O) groups is 2. The molecule has 2 amide bonds. The molecule has 0 N–H and O–H groups in total. The Hall–Kier alpha value is -2.82. The summed E-state index contributed by atoms with van der Waals surface area (Å²) in [5.74, 6) is -0.501. The monoisotopic (exact) mass is 265 g/mol. The van der Waals surface area contributed by atoms with Crippen molar-refractivity contribution < 1.29 is 9.59 Å². The van der Waals surface area contributed by atoms with Crippen LogP contribution in [0.1, 0.15) is 26.3 Å². The Balaban J connectivity index is 1.76. The van der Waals surface area contributed by atoms with Crippen molar-refractivity contribution in [2.24, 2.45) is 0 Å². The smallest absolute Gasteiger partial charge is 0.261 e. The van der Waals surface area contributed by atoms with Gasteiger partial charge >= 0.3 is 0 Å². The molecule has 0 aliphatic carbocycles. The second-order valence-corrected chi connectivity index (χ2v) is 4.34. The van der Waals surface area contributed by atoms with Gasteiger partial charge in [-0.3, -0.25) is 14.5 Å². The fourth-order valence-electron chi connectivity index (χ4n) is 2.10. The lowest BCUT2D eigenvalue weighted by Crippen LogP contribution is -2.29. The van der Waals surface area contributed by atoms with Crippen LogP contribution in [-0.4, -0.2) is 33.2 Å². The lowest BCUT2D eigenvalue weighted by molar-refractivity contribution is 0.0672. The Bertz CT molecular complexity index is 660. The van der Waals surface area contributed by atoms with Crippen LogP contribution in [0.3, 0.4) is 0 Å². The number of hydrogen-bond donors (Lipinski definition) is 0. The second kappa shape index (κ2) is 5.05. The van der Waals surface area contributed by atoms with Crippen molar-refractivity contribution in [1.82, 2.24) is 14.9 Å². The number of rotatable bonds is 3. The molecule has 1 aromatic carbocycles. The predicted octanol–water partition coefficient (Wildman–Crippen LogP) is 1.79. The van der Waals surface area contributed by atoms with Gasteiger partial charge in [0, 0.05) is 24.5 Å². The van der Waals surface area contributed by atoms with Gasteiger partial charge in [0.15, 0.2) is 0 Å². The number of aromatic nitrogens is 2. The van der Waals surface area contributed by atoms with Crippen molar-refractivity contribution >= 4 is 17.9 Å². The maximum absolute atomic E-state index is 12.1. The first kappa shape index (κ1) is 12.2. The zero-order chi connectivity index (χ0) is 13.9. The number of imide groups is 1. The Kier molecular flexibility index (Phi) is 3.09. The Labute approximate surface area is 115 Å². The first-order chi connectivity index (χ1) is 9.77. The summed E-state index contributed by atoms with van der Waals surface area (Å²) in [5, 5.41) is 0. The van der Waals surface area contributed by atoms with E-state index in [4.69, 9.17) is 0 Å². The van der Waals surface area contributed by atoms with E-state index in [-0.39, 0.29) is 18.4 Å². The Morgan fingerprint density at radius 3 is 2.20 bits per heavy atom. The summed E-state index contributed by atoms with van der Waals surface area (Å²) in [5.41, 5.74) is 1.76. The van der Waals surface area contributed by atoms with Crippen molar-refractivity contribution in [3.8, 4) is 0 Å². The first-order valence-corrected chi connectivity index (χ1v) is 6.14. The molecule has 2 aromatic rings. The van der Waals surface area contributed by atoms with Gasteiger partial charge in [-0.2, -0.15) is 0 Å². The number of hydrogen-bond acceptors (Lipinski definition) is 4. The molecule has 5 nitrogen and oxygen atoms in total. The Morgan fingerprint density at radius 1 is 1.00 bits per heavy atom. The lowest BCUT2D eigenvalue weighted by atomic mass is 10.1. The minimum absolute atomic E-state index is 0.237. The number of carbonyl (C=O) groups excluding carboxylic acids is 2. The summed E-state index contributed by atoms with van der Waals surface area (Å²) < 4.78 is 0. The van der Waals surface area contributed by atoms with Gasteiger partial charge in [-0.15, -0.1) is 0 Å². The molecule has 0 saturated heterocycles. The van der Waals surface area contributed by atoms with E-state index < -0.39 is 0 Å². The molecule has 0 saturated carbocycles. The SMILES string of the molecule is O=C1c2ccccc2C(=O)N1CC=Cc1cncnc1. The van der Waals surface area contributed by atoms with Crippen molar-refractivity contribution in [1.29, 1.82) is 0 Å². The molecule has 20 heavy (non-hydrogen) atoms. The molecule has 0 radical (unpaired) electrons. The summed E-state index contributed by atoms with van der Waals surface area (Å²) in [6.45, 7) is 0.237. The molecule has 0 unspecified atom stereocenters. The normalized spacial score (nSPS) is 14.1. The summed E-state index contributed by atoms with van der Waals surface area (Å²) in [7, 11) is 0. The molecular weight excluding hydrogens is 254 g/mol. The fourth-order valence-corrected chi connectivity index (χ4v) is 2.10. The Morgan fingerprint density at radius 2 is 1.60 bits per heavy atom. The van der Waals surface area contributed by atoms with E-state index >= 15 is 0 Å². The summed E-state index contributed by atoms with van der Waals surface area (Å²) in [4.78, 5) is 33.2. The molecular formula is C15H11N3O2. The van der Waals surface area contributed by atoms with Crippen molar-refractivity contribution in [3.63, 3.8) is 0 Å². The van der Waals surface area contributed by atoms with Crippen LogP contribution in [0, 0.1) is 0 Å². The third kappa shape index (κ3) is 2.09. The third-order valence-corrected chi connectivity index (χ3v) is 3.06. The highest BCUT2D eigenvalue weighted by atomic mass is 16.2. The van der Waals surface area contributed by atoms with Gasteiger partial charge in [0.1, 0.15) is 6.33 Å². The molecule has 1 aromatic heterocycles. The maximum Gasteiger partial charge on any atom is 0.261 e. The van der Waals surface area contributed by atoms with Gasteiger partial charge < -0.3 is 0 Å². The zero-order valence-corrected chi connectivity index (χ0v) is 10.6. The highest BCUT2D eigenvalue weighted by Crippen LogP contribution is 2.22. The number of nitrogens with zero attached hydrogens (tertiary/aromatic N) is 3. The largest absolute Gasteiger partial charge is 0.270 e. The van der Waals surface area contributed by atoms with Crippen molar-refractivity contribution in [3.05, 3.63) is 65.8 Å². The number of amides is 2.